The maximum absolute atomic E-state index is 12.5. The van der Waals surface area contributed by atoms with Crippen molar-refractivity contribution >= 4 is 27.5 Å². The Bertz CT molecular complexity index is 765. The molecule has 2 aromatic rings. The Balaban J connectivity index is 1.81. The molecule has 118 valence electrons. The van der Waals surface area contributed by atoms with E-state index < -0.39 is 0 Å². The molecular weight excluding hydrogens is 302 g/mol. The van der Waals surface area contributed by atoms with Crippen molar-refractivity contribution in [3.63, 3.8) is 0 Å². The van der Waals surface area contributed by atoms with Gasteiger partial charge in [-0.25, -0.2) is 4.98 Å². The first-order valence-corrected chi connectivity index (χ1v) is 8.12. The summed E-state index contributed by atoms with van der Waals surface area (Å²) in [5.41, 5.74) is -0.534. The smallest absolute Gasteiger partial charge is 0.262 e. The van der Waals surface area contributed by atoms with E-state index in [0.717, 1.165) is 0 Å². The second-order valence-corrected chi connectivity index (χ2v) is 7.17. The van der Waals surface area contributed by atoms with Gasteiger partial charge in [0.15, 0.2) is 0 Å². The molecule has 1 unspecified atom stereocenters. The van der Waals surface area contributed by atoms with E-state index in [0.29, 0.717) is 23.3 Å². The third-order valence-corrected chi connectivity index (χ3v) is 4.50. The summed E-state index contributed by atoms with van der Waals surface area (Å²) in [6.45, 7) is 6.97. The number of aromatic nitrogens is 2. The molecule has 1 amide bonds. The molecule has 0 bridgehead atoms. The summed E-state index contributed by atoms with van der Waals surface area (Å²) in [5, 5.41) is 2.40. The Morgan fingerprint density at radius 1 is 1.55 bits per heavy atom. The summed E-state index contributed by atoms with van der Waals surface area (Å²) in [5.74, 6) is -0.0818. The maximum Gasteiger partial charge on any atom is 0.262 e. The lowest BCUT2D eigenvalue weighted by atomic mass is 10.1. The van der Waals surface area contributed by atoms with Gasteiger partial charge >= 0.3 is 0 Å². The van der Waals surface area contributed by atoms with Gasteiger partial charge in [-0.2, -0.15) is 0 Å². The minimum absolute atomic E-state index is 0.0121. The molecule has 0 N–H and O–H groups in total. The van der Waals surface area contributed by atoms with Crippen molar-refractivity contribution in [3.8, 4) is 0 Å². The number of rotatable bonds is 2. The standard InChI is InChI=1S/C15H19N3O3S/c1-10-6-17(8-15(2,3)21-10)12(19)7-18-9-16-13-11(14(18)20)4-5-22-13/h4-5,9-10H,6-8H2,1-3H3. The lowest BCUT2D eigenvalue weighted by Gasteiger charge is -2.41. The quantitative estimate of drug-likeness (QED) is 0.840. The fourth-order valence-corrected chi connectivity index (χ4v) is 3.62. The van der Waals surface area contributed by atoms with Crippen LogP contribution < -0.4 is 5.56 Å². The van der Waals surface area contributed by atoms with Crippen molar-refractivity contribution in [1.82, 2.24) is 14.5 Å². The molecule has 1 aliphatic heterocycles. The molecule has 1 saturated heterocycles. The lowest BCUT2D eigenvalue weighted by molar-refractivity contribution is -0.158. The van der Waals surface area contributed by atoms with Gasteiger partial charge in [0.2, 0.25) is 5.91 Å². The molecule has 0 aromatic carbocycles. The normalized spacial score (nSPS) is 21.2. The topological polar surface area (TPSA) is 64.4 Å². The van der Waals surface area contributed by atoms with Gasteiger partial charge in [0.25, 0.3) is 5.56 Å². The zero-order valence-corrected chi connectivity index (χ0v) is 13.7. The molecule has 6 nitrogen and oxygen atoms in total. The second kappa shape index (κ2) is 5.48. The van der Waals surface area contributed by atoms with Crippen LogP contribution in [0, 0.1) is 0 Å². The van der Waals surface area contributed by atoms with E-state index in [2.05, 4.69) is 4.98 Å². The van der Waals surface area contributed by atoms with Crippen LogP contribution in [0.4, 0.5) is 0 Å². The van der Waals surface area contributed by atoms with E-state index >= 15 is 0 Å². The minimum Gasteiger partial charge on any atom is -0.369 e. The fourth-order valence-electron chi connectivity index (χ4n) is 2.90. The van der Waals surface area contributed by atoms with Crippen LogP contribution in [-0.4, -0.2) is 45.2 Å². The number of hydrogen-bond donors (Lipinski definition) is 0. The highest BCUT2D eigenvalue weighted by Crippen LogP contribution is 2.21. The van der Waals surface area contributed by atoms with Gasteiger partial charge in [-0.3, -0.25) is 14.2 Å². The van der Waals surface area contributed by atoms with Crippen molar-refractivity contribution < 1.29 is 9.53 Å². The summed E-state index contributed by atoms with van der Waals surface area (Å²) in [6, 6.07) is 1.75. The van der Waals surface area contributed by atoms with Crippen LogP contribution in [0.2, 0.25) is 0 Å². The first-order valence-electron chi connectivity index (χ1n) is 7.24. The summed E-state index contributed by atoms with van der Waals surface area (Å²) in [4.78, 5) is 31.5. The van der Waals surface area contributed by atoms with Gasteiger partial charge < -0.3 is 9.64 Å². The van der Waals surface area contributed by atoms with Crippen LogP contribution in [0.3, 0.4) is 0 Å². The molecule has 22 heavy (non-hydrogen) atoms. The first kappa shape index (κ1) is 15.2. The highest BCUT2D eigenvalue weighted by Gasteiger charge is 2.33. The van der Waals surface area contributed by atoms with Crippen LogP contribution in [0.1, 0.15) is 20.8 Å². The molecule has 2 aromatic heterocycles. The summed E-state index contributed by atoms with van der Waals surface area (Å²) in [6.07, 6.45) is 1.44. The molecule has 1 fully saturated rings. The van der Waals surface area contributed by atoms with Crippen molar-refractivity contribution in [2.45, 2.75) is 39.0 Å². The van der Waals surface area contributed by atoms with Crippen LogP contribution in [0.5, 0.6) is 0 Å². The highest BCUT2D eigenvalue weighted by molar-refractivity contribution is 7.16. The molecule has 0 spiro atoms. The van der Waals surface area contributed by atoms with Gasteiger partial charge in [-0.15, -0.1) is 11.3 Å². The third-order valence-electron chi connectivity index (χ3n) is 3.68. The van der Waals surface area contributed by atoms with E-state index in [-0.39, 0.29) is 29.7 Å². The second-order valence-electron chi connectivity index (χ2n) is 6.28. The molecule has 1 atom stereocenters. The molecule has 3 heterocycles. The molecule has 7 heteroatoms. The number of morpholine rings is 1. The molecule has 3 rings (SSSR count). The highest BCUT2D eigenvalue weighted by atomic mass is 32.1. The van der Waals surface area contributed by atoms with Gasteiger partial charge in [-0.1, -0.05) is 0 Å². The molecule has 0 saturated carbocycles. The lowest BCUT2D eigenvalue weighted by Crippen LogP contribution is -2.54. The number of hydrogen-bond acceptors (Lipinski definition) is 5. The number of fused-ring (bicyclic) bond motifs is 1. The van der Waals surface area contributed by atoms with E-state index in [1.807, 2.05) is 26.2 Å². The first-order chi connectivity index (χ1) is 10.4. The zero-order chi connectivity index (χ0) is 15.9. The number of amides is 1. The Kier molecular flexibility index (Phi) is 3.78. The largest absolute Gasteiger partial charge is 0.369 e. The number of carbonyl (C=O) groups is 1. The minimum atomic E-state index is -0.367. The number of nitrogens with zero attached hydrogens (tertiary/aromatic N) is 3. The Hall–Kier alpha value is -1.73. The monoisotopic (exact) mass is 321 g/mol. The predicted octanol–water partition coefficient (Wildman–Crippen LogP) is 1.48. The number of thiophene rings is 1. The third kappa shape index (κ3) is 2.91. The van der Waals surface area contributed by atoms with Crippen molar-refractivity contribution in [3.05, 3.63) is 28.1 Å². The molecule has 1 aliphatic rings. The molecular formula is C15H19N3O3S. The summed E-state index contributed by atoms with van der Waals surface area (Å²) < 4.78 is 7.18. The zero-order valence-electron chi connectivity index (χ0n) is 12.9. The Labute approximate surface area is 132 Å². The number of ether oxygens (including phenoxy) is 1. The summed E-state index contributed by atoms with van der Waals surface area (Å²) in [7, 11) is 0. The Morgan fingerprint density at radius 2 is 2.32 bits per heavy atom. The fraction of sp³-hybridized carbons (Fsp3) is 0.533. The van der Waals surface area contributed by atoms with Gasteiger partial charge in [0, 0.05) is 13.1 Å². The predicted molar refractivity (Wildman–Crippen MR) is 85.1 cm³/mol. The van der Waals surface area contributed by atoms with E-state index in [1.54, 1.807) is 11.0 Å². The van der Waals surface area contributed by atoms with Crippen molar-refractivity contribution in [2.75, 3.05) is 13.1 Å². The van der Waals surface area contributed by atoms with Crippen LogP contribution in [-0.2, 0) is 16.1 Å². The van der Waals surface area contributed by atoms with E-state index in [1.165, 1.54) is 22.2 Å². The van der Waals surface area contributed by atoms with Crippen LogP contribution >= 0.6 is 11.3 Å². The maximum atomic E-state index is 12.5. The molecule has 0 aliphatic carbocycles. The number of carbonyl (C=O) groups excluding carboxylic acids is 1. The SMILES string of the molecule is CC1CN(C(=O)Cn2cnc3sccc3c2=O)CC(C)(C)O1. The van der Waals surface area contributed by atoms with Gasteiger partial charge in [0.05, 0.1) is 23.4 Å². The van der Waals surface area contributed by atoms with Crippen LogP contribution in [0.15, 0.2) is 22.6 Å². The van der Waals surface area contributed by atoms with Crippen LogP contribution in [0.25, 0.3) is 10.2 Å². The van der Waals surface area contributed by atoms with Gasteiger partial charge in [0.1, 0.15) is 11.4 Å². The van der Waals surface area contributed by atoms with Crippen molar-refractivity contribution in [1.29, 1.82) is 0 Å². The Morgan fingerprint density at radius 3 is 3.05 bits per heavy atom. The van der Waals surface area contributed by atoms with E-state index in [4.69, 9.17) is 4.74 Å². The van der Waals surface area contributed by atoms with E-state index in [9.17, 15) is 9.59 Å². The average Bonchev–Trinajstić information content (AvgIpc) is 2.88. The summed E-state index contributed by atoms with van der Waals surface area (Å²) >= 11 is 1.42. The average molecular weight is 321 g/mol. The molecule has 0 radical (unpaired) electrons. The van der Waals surface area contributed by atoms with Crippen molar-refractivity contribution in [2.24, 2.45) is 0 Å². The van der Waals surface area contributed by atoms with Gasteiger partial charge in [-0.05, 0) is 32.2 Å².